The normalized spacial score (nSPS) is 15.0. The van der Waals surface area contributed by atoms with Gasteiger partial charge in [-0.2, -0.15) is 0 Å². The molecule has 0 radical (unpaired) electrons. The molecule has 3 aromatic carbocycles. The van der Waals surface area contributed by atoms with Crippen molar-refractivity contribution in [1.29, 1.82) is 0 Å². The number of halogens is 1. The molecule has 0 fully saturated rings. The summed E-state index contributed by atoms with van der Waals surface area (Å²) in [7, 11) is 1.60. The molecule has 36 heavy (non-hydrogen) atoms. The highest BCUT2D eigenvalue weighted by atomic mass is 35.5. The van der Waals surface area contributed by atoms with Crippen molar-refractivity contribution < 1.29 is 19.0 Å². The minimum atomic E-state index is -0.421. The van der Waals surface area contributed by atoms with E-state index in [0.717, 1.165) is 39.9 Å². The van der Waals surface area contributed by atoms with Gasteiger partial charge in [-0.25, -0.2) is 4.79 Å². The second-order valence-corrected chi connectivity index (χ2v) is 9.09. The molecule has 1 unspecified atom stereocenters. The van der Waals surface area contributed by atoms with Gasteiger partial charge in [0.2, 0.25) is 0 Å². The number of aromatic nitrogens is 1. The lowest BCUT2D eigenvalue weighted by atomic mass is 9.92. The zero-order chi connectivity index (χ0) is 25.1. The molecule has 0 aliphatic carbocycles. The van der Waals surface area contributed by atoms with Crippen LogP contribution in [0.1, 0.15) is 29.3 Å². The lowest BCUT2D eigenvalue weighted by molar-refractivity contribution is 0.135. The van der Waals surface area contributed by atoms with E-state index in [9.17, 15) is 4.79 Å². The highest BCUT2D eigenvalue weighted by Gasteiger charge is 2.35. The van der Waals surface area contributed by atoms with Crippen LogP contribution in [0.5, 0.6) is 17.2 Å². The number of benzene rings is 3. The number of H-pyrrole nitrogens is 1. The van der Waals surface area contributed by atoms with Crippen LogP contribution < -0.4 is 19.9 Å². The molecule has 0 spiro atoms. The zero-order valence-electron chi connectivity index (χ0n) is 20.0. The smallest absolute Gasteiger partial charge is 0.416 e. The van der Waals surface area contributed by atoms with E-state index >= 15 is 0 Å². The third-order valence-corrected chi connectivity index (χ3v) is 6.64. The maximum absolute atomic E-state index is 13.4. The first-order valence-electron chi connectivity index (χ1n) is 11.9. The summed E-state index contributed by atoms with van der Waals surface area (Å²) < 4.78 is 16.7. The summed E-state index contributed by atoms with van der Waals surface area (Å²) in [5.41, 5.74) is 9.63. The van der Waals surface area contributed by atoms with Crippen LogP contribution in [0.3, 0.4) is 0 Å². The quantitative estimate of drug-likeness (QED) is 0.314. The van der Waals surface area contributed by atoms with Gasteiger partial charge in [-0.3, -0.25) is 4.90 Å². The third-order valence-electron chi connectivity index (χ3n) is 6.40. The first-order valence-corrected chi connectivity index (χ1v) is 12.3. The van der Waals surface area contributed by atoms with Crippen molar-refractivity contribution >= 4 is 28.6 Å². The van der Waals surface area contributed by atoms with E-state index in [1.54, 1.807) is 36.3 Å². The SMILES string of the molecule is COc1ccc(OC(=O)N2CCc3c([nH]c4ccc(Cl)cc34)C2c2ccc(OCCCN)cc2)cc1. The number of fused-ring (bicyclic) bond motifs is 3. The number of nitrogens with zero attached hydrogens (tertiary/aromatic N) is 1. The van der Waals surface area contributed by atoms with Crippen molar-refractivity contribution in [2.75, 3.05) is 26.8 Å². The van der Waals surface area contributed by atoms with Crippen molar-refractivity contribution in [3.63, 3.8) is 0 Å². The molecule has 1 aliphatic rings. The Bertz CT molecular complexity index is 1350. The van der Waals surface area contributed by atoms with Gasteiger partial charge in [-0.1, -0.05) is 23.7 Å². The van der Waals surface area contributed by atoms with E-state index < -0.39 is 6.09 Å². The molecule has 5 rings (SSSR count). The van der Waals surface area contributed by atoms with Gasteiger partial charge in [0.15, 0.2) is 0 Å². The fraction of sp³-hybridized carbons (Fsp3) is 0.250. The molecular formula is C28H28ClN3O4. The van der Waals surface area contributed by atoms with Gasteiger partial charge in [0.25, 0.3) is 0 Å². The van der Waals surface area contributed by atoms with Gasteiger partial charge >= 0.3 is 6.09 Å². The Morgan fingerprint density at radius 1 is 1.06 bits per heavy atom. The number of carbonyl (C=O) groups is 1. The van der Waals surface area contributed by atoms with Crippen LogP contribution in [-0.4, -0.2) is 42.8 Å². The molecule has 0 bridgehead atoms. The number of ether oxygens (including phenoxy) is 3. The second kappa shape index (κ2) is 10.5. The first-order chi connectivity index (χ1) is 17.6. The molecule has 4 aromatic rings. The molecule has 2 heterocycles. The molecular weight excluding hydrogens is 478 g/mol. The van der Waals surface area contributed by atoms with E-state index in [2.05, 4.69) is 4.98 Å². The number of methoxy groups -OCH3 is 1. The second-order valence-electron chi connectivity index (χ2n) is 8.66. The van der Waals surface area contributed by atoms with E-state index in [4.69, 9.17) is 31.5 Å². The number of carbonyl (C=O) groups excluding carboxylic acids is 1. The standard InChI is InChI=1S/C28H28ClN3O4/c1-34-20-8-10-22(11-9-20)36-28(33)32-15-13-23-24-17-19(29)5-12-25(24)31-26(23)27(32)18-3-6-21(7-4-18)35-16-2-14-30/h3-12,17,27,31H,2,13-16,30H2,1H3. The van der Waals surface area contributed by atoms with Gasteiger partial charge in [0.05, 0.1) is 13.7 Å². The number of amides is 1. The summed E-state index contributed by atoms with van der Waals surface area (Å²) in [6, 6.07) is 20.3. The van der Waals surface area contributed by atoms with Crippen LogP contribution in [0.2, 0.25) is 5.02 Å². The Kier molecular flexibility index (Phi) is 7.02. The zero-order valence-corrected chi connectivity index (χ0v) is 20.8. The van der Waals surface area contributed by atoms with Gasteiger partial charge < -0.3 is 24.9 Å². The molecule has 7 nitrogen and oxygen atoms in total. The number of hydrogen-bond donors (Lipinski definition) is 2. The summed E-state index contributed by atoms with van der Waals surface area (Å²) in [5, 5.41) is 1.76. The highest BCUT2D eigenvalue weighted by molar-refractivity contribution is 6.31. The van der Waals surface area contributed by atoms with E-state index in [-0.39, 0.29) is 6.04 Å². The van der Waals surface area contributed by atoms with Crippen LogP contribution in [0.4, 0.5) is 4.79 Å². The van der Waals surface area contributed by atoms with Crippen LogP contribution >= 0.6 is 11.6 Å². The molecule has 8 heteroatoms. The van der Waals surface area contributed by atoms with Crippen LogP contribution in [0.15, 0.2) is 66.7 Å². The summed E-state index contributed by atoms with van der Waals surface area (Å²) in [4.78, 5) is 18.7. The summed E-state index contributed by atoms with van der Waals surface area (Å²) in [5.74, 6) is 1.91. The van der Waals surface area contributed by atoms with Crippen LogP contribution in [-0.2, 0) is 6.42 Å². The number of hydrogen-bond acceptors (Lipinski definition) is 5. The minimum Gasteiger partial charge on any atom is -0.497 e. The molecule has 1 amide bonds. The largest absolute Gasteiger partial charge is 0.497 e. The van der Waals surface area contributed by atoms with E-state index in [1.807, 2.05) is 42.5 Å². The van der Waals surface area contributed by atoms with Crippen LogP contribution in [0.25, 0.3) is 10.9 Å². The number of rotatable bonds is 7. The Balaban J connectivity index is 1.49. The summed E-state index contributed by atoms with van der Waals surface area (Å²) in [6.07, 6.45) is 1.05. The van der Waals surface area contributed by atoms with Gasteiger partial charge in [0, 0.05) is 28.2 Å². The average molecular weight is 506 g/mol. The Hall–Kier alpha value is -3.68. The van der Waals surface area contributed by atoms with E-state index in [0.29, 0.717) is 42.6 Å². The predicted octanol–water partition coefficient (Wildman–Crippen LogP) is 5.70. The fourth-order valence-electron chi connectivity index (χ4n) is 4.63. The average Bonchev–Trinajstić information content (AvgIpc) is 3.27. The summed E-state index contributed by atoms with van der Waals surface area (Å²) >= 11 is 6.30. The molecule has 186 valence electrons. The molecule has 1 aromatic heterocycles. The predicted molar refractivity (Wildman–Crippen MR) is 140 cm³/mol. The van der Waals surface area contributed by atoms with Crippen molar-refractivity contribution in [2.24, 2.45) is 5.73 Å². The number of nitrogens with two attached hydrogens (primary N) is 1. The highest BCUT2D eigenvalue weighted by Crippen LogP contribution is 2.40. The molecule has 0 saturated heterocycles. The van der Waals surface area contributed by atoms with Crippen LogP contribution in [0, 0.1) is 0 Å². The van der Waals surface area contributed by atoms with Gasteiger partial charge in [0.1, 0.15) is 23.3 Å². The maximum atomic E-state index is 13.4. The van der Waals surface area contributed by atoms with Crippen molar-refractivity contribution in [3.05, 3.63) is 88.6 Å². The monoisotopic (exact) mass is 505 g/mol. The lowest BCUT2D eigenvalue weighted by Gasteiger charge is -2.35. The van der Waals surface area contributed by atoms with Gasteiger partial charge in [-0.05, 0) is 85.1 Å². The Labute approximate surface area is 214 Å². The van der Waals surface area contributed by atoms with Crippen molar-refractivity contribution in [2.45, 2.75) is 18.9 Å². The summed E-state index contributed by atoms with van der Waals surface area (Å²) in [6.45, 7) is 1.64. The van der Waals surface area contributed by atoms with E-state index in [1.165, 1.54) is 0 Å². The number of nitrogens with one attached hydrogen (secondary N) is 1. The third kappa shape index (κ3) is 4.85. The topological polar surface area (TPSA) is 89.8 Å². The van der Waals surface area contributed by atoms with Crippen molar-refractivity contribution in [1.82, 2.24) is 9.88 Å². The fourth-order valence-corrected chi connectivity index (χ4v) is 4.80. The van der Waals surface area contributed by atoms with Crippen molar-refractivity contribution in [3.8, 4) is 17.2 Å². The molecule has 1 aliphatic heterocycles. The lowest BCUT2D eigenvalue weighted by Crippen LogP contribution is -2.42. The molecule has 1 atom stereocenters. The minimum absolute atomic E-state index is 0.358. The molecule has 0 saturated carbocycles. The first kappa shape index (κ1) is 24.0. The maximum Gasteiger partial charge on any atom is 0.416 e. The Morgan fingerprint density at radius 3 is 2.50 bits per heavy atom. The van der Waals surface area contributed by atoms with Gasteiger partial charge in [-0.15, -0.1) is 0 Å². The number of aromatic amines is 1. The molecule has 3 N–H and O–H groups in total. The Morgan fingerprint density at radius 2 is 1.78 bits per heavy atom.